The van der Waals surface area contributed by atoms with Gasteiger partial charge in [0.05, 0.1) is 6.54 Å². The summed E-state index contributed by atoms with van der Waals surface area (Å²) in [7, 11) is 0. The monoisotopic (exact) mass is 400 g/mol. The Bertz CT molecular complexity index is 602. The van der Waals surface area contributed by atoms with Crippen molar-refractivity contribution in [1.29, 1.82) is 0 Å². The number of carbonyl (C=O) groups is 2. The van der Waals surface area contributed by atoms with E-state index in [9.17, 15) is 9.59 Å². The van der Waals surface area contributed by atoms with E-state index in [1.807, 2.05) is 0 Å². The molecule has 5 rings (SSSR count). The Morgan fingerprint density at radius 2 is 1.38 bits per heavy atom. The summed E-state index contributed by atoms with van der Waals surface area (Å²) in [6.07, 6.45) is 16.5. The van der Waals surface area contributed by atoms with Crippen LogP contribution in [0.25, 0.3) is 0 Å². The highest BCUT2D eigenvalue weighted by Crippen LogP contribution is 2.48. The fraction of sp³-hybridized carbons (Fsp3) is 0.920. The molecule has 4 saturated carbocycles. The van der Waals surface area contributed by atoms with Gasteiger partial charge in [0.15, 0.2) is 0 Å². The lowest BCUT2D eigenvalue weighted by Gasteiger charge is -2.35. The SMILES string of the molecule is O=C(CN1CCC(C2CCCC2)CC1)NC1C(C(=O)C2CC2)CC2CCCCC21. The molecule has 5 aliphatic rings. The van der Waals surface area contributed by atoms with E-state index in [1.54, 1.807) is 0 Å². The maximum atomic E-state index is 13.0. The molecule has 4 heteroatoms. The lowest BCUT2D eigenvalue weighted by Crippen LogP contribution is -2.49. The summed E-state index contributed by atoms with van der Waals surface area (Å²) in [6.45, 7) is 2.70. The maximum Gasteiger partial charge on any atom is 0.234 e. The zero-order chi connectivity index (χ0) is 19.8. The average molecular weight is 401 g/mol. The minimum Gasteiger partial charge on any atom is -0.351 e. The molecular formula is C25H40N2O2. The first-order valence-corrected chi connectivity index (χ1v) is 12.7. The van der Waals surface area contributed by atoms with Crippen molar-refractivity contribution >= 4 is 11.7 Å². The summed E-state index contributed by atoms with van der Waals surface area (Å²) in [6, 6.07) is 0.122. The number of hydrogen-bond acceptors (Lipinski definition) is 3. The van der Waals surface area contributed by atoms with Gasteiger partial charge in [0.1, 0.15) is 5.78 Å². The number of carbonyl (C=O) groups excluding carboxylic acids is 2. The Hall–Kier alpha value is -0.900. The molecule has 0 spiro atoms. The van der Waals surface area contributed by atoms with Crippen molar-refractivity contribution in [2.45, 2.75) is 89.5 Å². The molecule has 1 amide bonds. The van der Waals surface area contributed by atoms with Crippen molar-refractivity contribution in [3.05, 3.63) is 0 Å². The predicted molar refractivity (Wildman–Crippen MR) is 114 cm³/mol. The summed E-state index contributed by atoms with van der Waals surface area (Å²) in [4.78, 5) is 28.3. The summed E-state index contributed by atoms with van der Waals surface area (Å²) in [5, 5.41) is 3.40. The van der Waals surface area contributed by atoms with Gasteiger partial charge in [-0.2, -0.15) is 0 Å². The van der Waals surface area contributed by atoms with E-state index in [-0.39, 0.29) is 17.9 Å². The van der Waals surface area contributed by atoms with Crippen LogP contribution in [-0.4, -0.2) is 42.3 Å². The van der Waals surface area contributed by atoms with Crippen molar-refractivity contribution in [3.8, 4) is 0 Å². The second-order valence-corrected chi connectivity index (χ2v) is 11.0. The molecule has 4 aliphatic carbocycles. The summed E-state index contributed by atoms with van der Waals surface area (Å²) in [5.41, 5.74) is 0. The normalized spacial score (nSPS) is 36.8. The highest BCUT2D eigenvalue weighted by atomic mass is 16.2. The van der Waals surface area contributed by atoms with E-state index >= 15 is 0 Å². The van der Waals surface area contributed by atoms with Crippen LogP contribution < -0.4 is 5.32 Å². The highest BCUT2D eigenvalue weighted by Gasteiger charge is 2.50. The zero-order valence-corrected chi connectivity index (χ0v) is 18.1. The van der Waals surface area contributed by atoms with Gasteiger partial charge in [0.2, 0.25) is 5.91 Å². The van der Waals surface area contributed by atoms with E-state index in [4.69, 9.17) is 0 Å². The number of piperidine rings is 1. The van der Waals surface area contributed by atoms with E-state index < -0.39 is 0 Å². The van der Waals surface area contributed by atoms with Gasteiger partial charge in [-0.1, -0.05) is 44.9 Å². The molecule has 4 nitrogen and oxygen atoms in total. The highest BCUT2D eigenvalue weighted by molar-refractivity contribution is 5.87. The van der Waals surface area contributed by atoms with Crippen LogP contribution in [0.2, 0.25) is 0 Å². The van der Waals surface area contributed by atoms with Crippen LogP contribution in [0.1, 0.15) is 83.5 Å². The van der Waals surface area contributed by atoms with Crippen molar-refractivity contribution in [1.82, 2.24) is 10.2 Å². The van der Waals surface area contributed by atoms with E-state index in [0.717, 1.165) is 44.2 Å². The first-order valence-electron chi connectivity index (χ1n) is 12.7. The van der Waals surface area contributed by atoms with Crippen molar-refractivity contribution in [3.63, 3.8) is 0 Å². The minimum absolute atomic E-state index is 0.104. The van der Waals surface area contributed by atoms with Gasteiger partial charge in [-0.25, -0.2) is 0 Å². The van der Waals surface area contributed by atoms with Crippen molar-refractivity contribution in [2.24, 2.45) is 35.5 Å². The maximum absolute atomic E-state index is 13.0. The number of Topliss-reactive ketones (excluding diaryl/α,β-unsaturated/α-hetero) is 1. The standard InChI is InChI=1S/C25H40N2O2/c28-23(16-27-13-11-18(12-14-27)17-5-1-2-6-17)26-24-21-8-4-3-7-20(21)15-22(24)25(29)19-9-10-19/h17-22,24H,1-16H2,(H,26,28). The Morgan fingerprint density at radius 1 is 0.759 bits per heavy atom. The number of ketones is 1. The van der Waals surface area contributed by atoms with Gasteiger partial charge in [-0.15, -0.1) is 0 Å². The molecule has 1 aliphatic heterocycles. The molecule has 162 valence electrons. The Kier molecular flexibility index (Phi) is 6.00. The molecule has 1 N–H and O–H groups in total. The second-order valence-electron chi connectivity index (χ2n) is 11.0. The summed E-state index contributed by atoms with van der Waals surface area (Å²) in [5.74, 6) is 4.15. The fourth-order valence-electron chi connectivity index (χ4n) is 7.39. The Balaban J connectivity index is 1.15. The van der Waals surface area contributed by atoms with Crippen molar-refractivity contribution < 1.29 is 9.59 Å². The molecular weight excluding hydrogens is 360 g/mol. The quantitative estimate of drug-likeness (QED) is 0.728. The van der Waals surface area contributed by atoms with Gasteiger partial charge in [-0.05, 0) is 75.3 Å². The molecule has 29 heavy (non-hydrogen) atoms. The molecule has 1 heterocycles. The number of nitrogens with one attached hydrogen (secondary N) is 1. The fourth-order valence-corrected chi connectivity index (χ4v) is 7.39. The van der Waals surface area contributed by atoms with Crippen LogP contribution in [-0.2, 0) is 9.59 Å². The lowest BCUT2D eigenvalue weighted by molar-refractivity contribution is -0.127. The molecule has 4 unspecified atom stereocenters. The first-order chi connectivity index (χ1) is 14.2. The Labute approximate surface area is 176 Å². The number of fused-ring (bicyclic) bond motifs is 1. The van der Waals surface area contributed by atoms with Crippen LogP contribution in [0.5, 0.6) is 0 Å². The van der Waals surface area contributed by atoms with Gasteiger partial charge >= 0.3 is 0 Å². The number of likely N-dealkylation sites (tertiary alicyclic amines) is 1. The lowest BCUT2D eigenvalue weighted by atomic mass is 9.80. The zero-order valence-electron chi connectivity index (χ0n) is 18.1. The van der Waals surface area contributed by atoms with E-state index in [2.05, 4.69) is 10.2 Å². The van der Waals surface area contributed by atoms with Crippen LogP contribution >= 0.6 is 0 Å². The van der Waals surface area contributed by atoms with Gasteiger partial charge in [0.25, 0.3) is 0 Å². The topological polar surface area (TPSA) is 49.4 Å². The van der Waals surface area contributed by atoms with Crippen LogP contribution in [0, 0.1) is 35.5 Å². The smallest absolute Gasteiger partial charge is 0.234 e. The molecule has 0 bridgehead atoms. The molecule has 0 aromatic rings. The van der Waals surface area contributed by atoms with Crippen LogP contribution in [0.4, 0.5) is 0 Å². The molecule has 4 atom stereocenters. The number of nitrogens with zero attached hydrogens (tertiary/aromatic N) is 1. The number of amides is 1. The first kappa shape index (κ1) is 20.0. The van der Waals surface area contributed by atoms with Crippen molar-refractivity contribution in [2.75, 3.05) is 19.6 Å². The summed E-state index contributed by atoms with van der Waals surface area (Å²) < 4.78 is 0. The van der Waals surface area contributed by atoms with Gasteiger partial charge in [-0.3, -0.25) is 14.5 Å². The third-order valence-electron chi connectivity index (χ3n) is 9.16. The summed E-state index contributed by atoms with van der Waals surface area (Å²) >= 11 is 0. The van der Waals surface area contributed by atoms with Crippen LogP contribution in [0.15, 0.2) is 0 Å². The molecule has 0 radical (unpaired) electrons. The molecule has 5 fully saturated rings. The van der Waals surface area contributed by atoms with Crippen LogP contribution in [0.3, 0.4) is 0 Å². The molecule has 0 aromatic heterocycles. The molecule has 0 aromatic carbocycles. The Morgan fingerprint density at radius 3 is 2.07 bits per heavy atom. The number of rotatable bonds is 6. The van der Waals surface area contributed by atoms with Gasteiger partial charge in [0, 0.05) is 17.9 Å². The van der Waals surface area contributed by atoms with E-state index in [1.165, 1.54) is 64.2 Å². The van der Waals surface area contributed by atoms with Gasteiger partial charge < -0.3 is 5.32 Å². The van der Waals surface area contributed by atoms with E-state index in [0.29, 0.717) is 30.1 Å². The molecule has 1 saturated heterocycles. The second kappa shape index (κ2) is 8.69. The minimum atomic E-state index is 0.104. The predicted octanol–water partition coefficient (Wildman–Crippen LogP) is 4.18. The average Bonchev–Trinajstić information content (AvgIpc) is 3.32. The third-order valence-corrected chi connectivity index (χ3v) is 9.16. The largest absolute Gasteiger partial charge is 0.351 e. The third kappa shape index (κ3) is 4.43. The number of hydrogen-bond donors (Lipinski definition) is 1.